The largest absolute Gasteiger partial charge is 0.309 e. The summed E-state index contributed by atoms with van der Waals surface area (Å²) in [7, 11) is 0. The van der Waals surface area contributed by atoms with E-state index in [0.717, 1.165) is 5.69 Å². The Balaban J connectivity index is 1.05. The molecule has 0 unspecified atom stereocenters. The van der Waals surface area contributed by atoms with E-state index in [1.54, 1.807) is 0 Å². The van der Waals surface area contributed by atoms with Crippen molar-refractivity contribution in [2.45, 2.75) is 0 Å². The third kappa shape index (κ3) is 5.35. The Bertz CT molecular complexity index is 3310. The summed E-state index contributed by atoms with van der Waals surface area (Å²) in [5.41, 5.74) is 13.4. The molecule has 266 valence electrons. The van der Waals surface area contributed by atoms with Gasteiger partial charge in [0.2, 0.25) is 0 Å². The molecule has 0 saturated heterocycles. The third-order valence-electron chi connectivity index (χ3n) is 11.7. The fourth-order valence-electron chi connectivity index (χ4n) is 8.86. The SMILES string of the molecule is c1ccc2c(-c3ccc4ccc(-c5cc(-c6ccc7ccc(-c8csc9ccccc89)cc7c6)cc(-n6c7ccccc7c7ccccc76)c5)cc4c3)csc2c1. The van der Waals surface area contributed by atoms with Gasteiger partial charge in [-0.25, -0.2) is 0 Å². The minimum absolute atomic E-state index is 1.15. The lowest BCUT2D eigenvalue weighted by Crippen LogP contribution is -1.96. The molecule has 0 spiro atoms. The van der Waals surface area contributed by atoms with E-state index >= 15 is 0 Å². The first-order valence-corrected chi connectivity index (χ1v) is 21.1. The molecule has 0 aliphatic rings. The number of para-hydroxylation sites is 2. The van der Waals surface area contributed by atoms with Crippen molar-refractivity contribution in [3.05, 3.63) is 199 Å². The van der Waals surface area contributed by atoms with Crippen LogP contribution in [0.3, 0.4) is 0 Å². The predicted octanol–water partition coefficient (Wildman–Crippen LogP) is 16.2. The topological polar surface area (TPSA) is 4.93 Å². The second-order valence-electron chi connectivity index (χ2n) is 15.0. The van der Waals surface area contributed by atoms with Gasteiger partial charge in [-0.05, 0) is 132 Å². The minimum Gasteiger partial charge on any atom is -0.309 e. The van der Waals surface area contributed by atoms with Gasteiger partial charge in [0.15, 0.2) is 0 Å². The summed E-state index contributed by atoms with van der Waals surface area (Å²) in [5, 5.41) is 14.7. The Morgan fingerprint density at radius 3 is 1.19 bits per heavy atom. The molecule has 1 nitrogen and oxygen atoms in total. The highest BCUT2D eigenvalue weighted by Gasteiger charge is 2.16. The number of fused-ring (bicyclic) bond motifs is 7. The maximum Gasteiger partial charge on any atom is 0.0541 e. The van der Waals surface area contributed by atoms with Crippen LogP contribution in [0, 0.1) is 0 Å². The number of rotatable bonds is 5. The summed E-state index contributed by atoms with van der Waals surface area (Å²) < 4.78 is 5.08. The van der Waals surface area contributed by atoms with Crippen LogP contribution in [0.4, 0.5) is 0 Å². The maximum absolute atomic E-state index is 2.44. The zero-order valence-corrected chi connectivity index (χ0v) is 32.4. The molecule has 0 atom stereocenters. The number of hydrogen-bond donors (Lipinski definition) is 0. The van der Waals surface area contributed by atoms with Gasteiger partial charge in [0.1, 0.15) is 0 Å². The molecular formula is C54H33NS2. The number of hydrogen-bond acceptors (Lipinski definition) is 2. The lowest BCUT2D eigenvalue weighted by Gasteiger charge is -2.15. The van der Waals surface area contributed by atoms with Crippen molar-refractivity contribution in [2.24, 2.45) is 0 Å². The third-order valence-corrected chi connectivity index (χ3v) is 13.6. The Morgan fingerprint density at radius 2 is 0.702 bits per heavy atom. The summed E-state index contributed by atoms with van der Waals surface area (Å²) in [6.45, 7) is 0. The highest BCUT2D eigenvalue weighted by Crippen LogP contribution is 2.40. The highest BCUT2D eigenvalue weighted by molar-refractivity contribution is 7.18. The monoisotopic (exact) mass is 759 g/mol. The van der Waals surface area contributed by atoms with Crippen molar-refractivity contribution in [3.8, 4) is 50.2 Å². The molecule has 3 heteroatoms. The molecule has 0 amide bonds. The van der Waals surface area contributed by atoms with Crippen molar-refractivity contribution < 1.29 is 0 Å². The van der Waals surface area contributed by atoms with E-state index in [9.17, 15) is 0 Å². The van der Waals surface area contributed by atoms with Crippen molar-refractivity contribution in [2.75, 3.05) is 0 Å². The molecule has 0 N–H and O–H groups in total. The molecule has 57 heavy (non-hydrogen) atoms. The molecule has 0 saturated carbocycles. The van der Waals surface area contributed by atoms with Crippen LogP contribution < -0.4 is 0 Å². The van der Waals surface area contributed by atoms with E-state index in [2.05, 4.69) is 203 Å². The van der Waals surface area contributed by atoms with Crippen LogP contribution in [0.15, 0.2) is 199 Å². The number of thiophene rings is 2. The van der Waals surface area contributed by atoms with Gasteiger partial charge < -0.3 is 4.57 Å². The van der Waals surface area contributed by atoms with Crippen molar-refractivity contribution >= 4 is 86.2 Å². The van der Waals surface area contributed by atoms with E-state index in [1.807, 2.05) is 22.7 Å². The van der Waals surface area contributed by atoms with Crippen LogP contribution in [-0.4, -0.2) is 4.57 Å². The molecule has 0 fully saturated rings. The van der Waals surface area contributed by atoms with Crippen LogP contribution in [0.2, 0.25) is 0 Å². The smallest absolute Gasteiger partial charge is 0.0541 e. The van der Waals surface area contributed by atoms with Gasteiger partial charge in [-0.2, -0.15) is 0 Å². The summed E-state index contributed by atoms with van der Waals surface area (Å²) in [5.74, 6) is 0. The zero-order valence-electron chi connectivity index (χ0n) is 30.8. The van der Waals surface area contributed by atoms with E-state index < -0.39 is 0 Å². The fourth-order valence-corrected chi connectivity index (χ4v) is 10.8. The van der Waals surface area contributed by atoms with Gasteiger partial charge in [0.05, 0.1) is 11.0 Å². The highest BCUT2D eigenvalue weighted by atomic mass is 32.1. The Kier molecular flexibility index (Phi) is 7.34. The molecule has 3 heterocycles. The summed E-state index contributed by atoms with van der Waals surface area (Å²) in [6, 6.07) is 69.8. The van der Waals surface area contributed by atoms with Gasteiger partial charge in [-0.3, -0.25) is 0 Å². The second kappa shape index (κ2) is 12.9. The summed E-state index contributed by atoms with van der Waals surface area (Å²) in [6.07, 6.45) is 0. The minimum atomic E-state index is 1.15. The average molecular weight is 760 g/mol. The van der Waals surface area contributed by atoms with E-state index in [4.69, 9.17) is 0 Å². The van der Waals surface area contributed by atoms with Gasteiger partial charge in [-0.1, -0.05) is 121 Å². The van der Waals surface area contributed by atoms with E-state index in [-0.39, 0.29) is 0 Å². The summed E-state index contributed by atoms with van der Waals surface area (Å²) in [4.78, 5) is 0. The van der Waals surface area contributed by atoms with E-state index in [1.165, 1.54) is 108 Å². The Labute approximate surface area is 338 Å². The van der Waals surface area contributed by atoms with Crippen molar-refractivity contribution in [1.29, 1.82) is 0 Å². The van der Waals surface area contributed by atoms with Crippen LogP contribution in [0.5, 0.6) is 0 Å². The number of benzene rings is 9. The van der Waals surface area contributed by atoms with Crippen LogP contribution >= 0.6 is 22.7 Å². The molecule has 0 aliphatic heterocycles. The number of aromatic nitrogens is 1. The Hall–Kier alpha value is -6.78. The fraction of sp³-hybridized carbons (Fsp3) is 0. The first-order valence-electron chi connectivity index (χ1n) is 19.4. The lowest BCUT2D eigenvalue weighted by atomic mass is 9.93. The maximum atomic E-state index is 2.44. The first-order chi connectivity index (χ1) is 28.2. The van der Waals surface area contributed by atoms with Gasteiger partial charge in [0, 0.05) is 47.8 Å². The predicted molar refractivity (Wildman–Crippen MR) is 248 cm³/mol. The van der Waals surface area contributed by atoms with Crippen LogP contribution in [0.25, 0.3) is 114 Å². The summed E-state index contributed by atoms with van der Waals surface area (Å²) >= 11 is 3.63. The van der Waals surface area contributed by atoms with Crippen LogP contribution in [0.1, 0.15) is 0 Å². The molecule has 3 aromatic heterocycles. The molecule has 0 bridgehead atoms. The molecule has 12 aromatic rings. The quantitative estimate of drug-likeness (QED) is 0.165. The second-order valence-corrected chi connectivity index (χ2v) is 16.8. The molecule has 0 aliphatic carbocycles. The molecule has 12 rings (SSSR count). The lowest BCUT2D eigenvalue weighted by molar-refractivity contribution is 1.18. The van der Waals surface area contributed by atoms with Crippen molar-refractivity contribution in [1.82, 2.24) is 4.57 Å². The van der Waals surface area contributed by atoms with Crippen LogP contribution in [-0.2, 0) is 0 Å². The molecule has 9 aromatic carbocycles. The first kappa shape index (κ1) is 32.5. The normalized spacial score (nSPS) is 11.9. The van der Waals surface area contributed by atoms with E-state index in [0.29, 0.717) is 0 Å². The molecule has 0 radical (unpaired) electrons. The van der Waals surface area contributed by atoms with Gasteiger partial charge in [-0.15, -0.1) is 22.7 Å². The average Bonchev–Trinajstić information content (AvgIpc) is 4.00. The molecular weight excluding hydrogens is 727 g/mol. The number of nitrogens with zero attached hydrogens (tertiary/aromatic N) is 1. The Morgan fingerprint density at radius 1 is 0.298 bits per heavy atom. The van der Waals surface area contributed by atoms with Gasteiger partial charge >= 0.3 is 0 Å². The zero-order chi connectivity index (χ0) is 37.5. The van der Waals surface area contributed by atoms with Crippen molar-refractivity contribution in [3.63, 3.8) is 0 Å². The van der Waals surface area contributed by atoms with Gasteiger partial charge in [0.25, 0.3) is 0 Å². The standard InChI is InChI=1S/C54H33NS2/c1-5-13-51-45(9-1)46-10-2-6-14-52(46)55(51)44-30-42(36-21-17-34-19-23-38(27-40(34)25-36)49-32-56-53-15-7-3-11-47(49)53)29-43(31-44)37-22-18-35-20-24-39(28-41(35)26-37)50-33-57-54-16-8-4-12-48(50)54/h1-33H.